The monoisotopic (exact) mass is 461 g/mol. The summed E-state index contributed by atoms with van der Waals surface area (Å²) in [5.74, 6) is 1.03. The molecule has 0 spiro atoms. The minimum atomic E-state index is -0.138. The van der Waals surface area contributed by atoms with E-state index in [2.05, 4.69) is 24.1 Å². The molecule has 5 rings (SSSR count). The first-order valence-corrected chi connectivity index (χ1v) is 12.1. The molecule has 8 heteroatoms. The summed E-state index contributed by atoms with van der Waals surface area (Å²) in [5, 5.41) is 8.61. The van der Waals surface area contributed by atoms with E-state index >= 15 is 0 Å². The summed E-state index contributed by atoms with van der Waals surface area (Å²) >= 11 is 0. The first-order chi connectivity index (χ1) is 16.4. The lowest BCUT2D eigenvalue weighted by Crippen LogP contribution is -2.39. The van der Waals surface area contributed by atoms with E-state index in [9.17, 15) is 9.59 Å². The van der Waals surface area contributed by atoms with Crippen LogP contribution in [0, 0.1) is 0 Å². The number of hydrogen-bond acceptors (Lipinski definition) is 5. The van der Waals surface area contributed by atoms with Gasteiger partial charge in [0.1, 0.15) is 5.76 Å². The van der Waals surface area contributed by atoms with Crippen LogP contribution in [-0.4, -0.2) is 50.1 Å². The summed E-state index contributed by atoms with van der Waals surface area (Å²) in [7, 11) is 1.78. The van der Waals surface area contributed by atoms with Gasteiger partial charge in [-0.25, -0.2) is 0 Å². The zero-order valence-electron chi connectivity index (χ0n) is 20.1. The van der Waals surface area contributed by atoms with Crippen molar-refractivity contribution in [2.75, 3.05) is 13.6 Å². The van der Waals surface area contributed by atoms with Crippen LogP contribution in [0.5, 0.6) is 0 Å². The average molecular weight is 462 g/mol. The number of aryl methyl sites for hydroxylation is 1. The second-order valence-electron chi connectivity index (χ2n) is 9.61. The van der Waals surface area contributed by atoms with Gasteiger partial charge in [-0.15, -0.1) is 0 Å². The van der Waals surface area contributed by atoms with E-state index in [1.807, 2.05) is 40.0 Å². The minimum Gasteiger partial charge on any atom is -0.360 e. The molecule has 8 nitrogen and oxygen atoms in total. The Kier molecular flexibility index (Phi) is 5.98. The molecule has 1 aliphatic heterocycles. The molecular weight excluding hydrogens is 430 g/mol. The molecule has 2 aromatic heterocycles. The molecule has 178 valence electrons. The molecule has 3 heterocycles. The SMILES string of the molecule is CC(C)c1ccccc1C(=O)N1CCn2ncc(CN(C)C(=O)c3noc4c3CCCC4)c2C1. The normalized spacial score (nSPS) is 15.2. The zero-order chi connectivity index (χ0) is 23.8. The molecular formula is C26H31N5O3. The Morgan fingerprint density at radius 2 is 1.94 bits per heavy atom. The molecule has 0 bridgehead atoms. The molecule has 0 radical (unpaired) electrons. The summed E-state index contributed by atoms with van der Waals surface area (Å²) in [4.78, 5) is 30.1. The van der Waals surface area contributed by atoms with Crippen LogP contribution in [0.2, 0.25) is 0 Å². The predicted octanol–water partition coefficient (Wildman–Crippen LogP) is 3.80. The van der Waals surface area contributed by atoms with Gasteiger partial charge in [0, 0.05) is 43.2 Å². The standard InChI is InChI=1S/C26H31N5O3/c1-17(2)19-8-4-5-9-20(19)25(32)30-12-13-31-22(16-30)18(14-27-31)15-29(3)26(33)24-21-10-6-7-11-23(21)34-28-24/h4-5,8-9,14,17H,6-7,10-13,15-16H2,1-3H3. The van der Waals surface area contributed by atoms with E-state index in [0.29, 0.717) is 31.9 Å². The third-order valence-electron chi connectivity index (χ3n) is 6.96. The highest BCUT2D eigenvalue weighted by Gasteiger charge is 2.29. The number of aromatic nitrogens is 3. The molecule has 2 aliphatic rings. The van der Waals surface area contributed by atoms with Crippen LogP contribution in [-0.2, 0) is 32.5 Å². The molecule has 0 N–H and O–H groups in total. The second-order valence-corrected chi connectivity index (χ2v) is 9.61. The molecule has 0 unspecified atom stereocenters. The highest BCUT2D eigenvalue weighted by atomic mass is 16.5. The lowest BCUT2D eigenvalue weighted by Gasteiger charge is -2.30. The number of carbonyl (C=O) groups excluding carboxylic acids is 2. The topological polar surface area (TPSA) is 84.5 Å². The number of benzene rings is 1. The van der Waals surface area contributed by atoms with E-state index in [1.165, 1.54) is 0 Å². The number of carbonyl (C=O) groups is 2. The van der Waals surface area contributed by atoms with Crippen molar-refractivity contribution in [1.82, 2.24) is 24.7 Å². The zero-order valence-corrected chi connectivity index (χ0v) is 20.1. The Morgan fingerprint density at radius 3 is 2.76 bits per heavy atom. The third kappa shape index (κ3) is 4.02. The average Bonchev–Trinajstić information content (AvgIpc) is 3.47. The summed E-state index contributed by atoms with van der Waals surface area (Å²) in [6.07, 6.45) is 5.63. The molecule has 0 atom stereocenters. The minimum absolute atomic E-state index is 0.0429. The van der Waals surface area contributed by atoms with Crippen LogP contribution in [0.3, 0.4) is 0 Å². The summed E-state index contributed by atoms with van der Waals surface area (Å²) < 4.78 is 7.38. The number of amides is 2. The van der Waals surface area contributed by atoms with Crippen molar-refractivity contribution in [1.29, 1.82) is 0 Å². The number of rotatable bonds is 5. The molecule has 34 heavy (non-hydrogen) atoms. The maximum absolute atomic E-state index is 13.4. The van der Waals surface area contributed by atoms with Crippen LogP contribution < -0.4 is 0 Å². The fourth-order valence-electron chi connectivity index (χ4n) is 5.03. The van der Waals surface area contributed by atoms with Crippen molar-refractivity contribution in [2.24, 2.45) is 0 Å². The first kappa shape index (κ1) is 22.4. The van der Waals surface area contributed by atoms with Crippen molar-refractivity contribution in [2.45, 2.75) is 65.1 Å². The van der Waals surface area contributed by atoms with Crippen molar-refractivity contribution in [3.8, 4) is 0 Å². The highest BCUT2D eigenvalue weighted by Crippen LogP contribution is 2.27. The van der Waals surface area contributed by atoms with E-state index in [4.69, 9.17) is 4.52 Å². The Morgan fingerprint density at radius 1 is 1.15 bits per heavy atom. The van der Waals surface area contributed by atoms with Crippen LogP contribution in [0.15, 0.2) is 35.0 Å². The highest BCUT2D eigenvalue weighted by molar-refractivity contribution is 5.96. The molecule has 3 aromatic rings. The Hall–Kier alpha value is -3.42. The van der Waals surface area contributed by atoms with Gasteiger partial charge in [0.05, 0.1) is 25.0 Å². The number of hydrogen-bond donors (Lipinski definition) is 0. The smallest absolute Gasteiger partial charge is 0.276 e. The summed E-state index contributed by atoms with van der Waals surface area (Å²) in [6, 6.07) is 7.84. The van der Waals surface area contributed by atoms with Gasteiger partial charge in [-0.05, 0) is 36.8 Å². The van der Waals surface area contributed by atoms with Gasteiger partial charge in [0.15, 0.2) is 5.69 Å². The summed E-state index contributed by atoms with van der Waals surface area (Å²) in [6.45, 7) is 6.34. The van der Waals surface area contributed by atoms with E-state index in [-0.39, 0.29) is 17.7 Å². The molecule has 0 fully saturated rings. The van der Waals surface area contributed by atoms with E-state index in [0.717, 1.165) is 59.4 Å². The Bertz CT molecular complexity index is 1230. The lowest BCUT2D eigenvalue weighted by atomic mass is 9.96. The first-order valence-electron chi connectivity index (χ1n) is 12.1. The Labute approximate surface area is 199 Å². The van der Waals surface area contributed by atoms with Gasteiger partial charge in [0.2, 0.25) is 0 Å². The molecule has 0 saturated carbocycles. The van der Waals surface area contributed by atoms with Crippen molar-refractivity contribution < 1.29 is 14.1 Å². The van der Waals surface area contributed by atoms with Gasteiger partial charge < -0.3 is 14.3 Å². The predicted molar refractivity (Wildman–Crippen MR) is 126 cm³/mol. The lowest BCUT2D eigenvalue weighted by molar-refractivity contribution is 0.0698. The van der Waals surface area contributed by atoms with Gasteiger partial charge in [-0.1, -0.05) is 37.2 Å². The van der Waals surface area contributed by atoms with Crippen molar-refractivity contribution >= 4 is 11.8 Å². The maximum atomic E-state index is 13.4. The fraction of sp³-hybridized carbons (Fsp3) is 0.462. The van der Waals surface area contributed by atoms with Crippen LogP contribution in [0.4, 0.5) is 0 Å². The van der Waals surface area contributed by atoms with Crippen molar-refractivity contribution in [3.63, 3.8) is 0 Å². The molecule has 2 amide bonds. The van der Waals surface area contributed by atoms with E-state index < -0.39 is 0 Å². The van der Waals surface area contributed by atoms with Gasteiger partial charge in [-0.2, -0.15) is 5.10 Å². The second kappa shape index (κ2) is 9.08. The Balaban J connectivity index is 1.33. The quantitative estimate of drug-likeness (QED) is 0.577. The number of nitrogens with zero attached hydrogens (tertiary/aromatic N) is 5. The maximum Gasteiger partial charge on any atom is 0.276 e. The fourth-order valence-corrected chi connectivity index (χ4v) is 5.03. The largest absolute Gasteiger partial charge is 0.360 e. The molecule has 0 saturated heterocycles. The van der Waals surface area contributed by atoms with Crippen LogP contribution in [0.25, 0.3) is 0 Å². The molecule has 1 aromatic carbocycles. The van der Waals surface area contributed by atoms with Gasteiger partial charge >= 0.3 is 0 Å². The number of fused-ring (bicyclic) bond motifs is 2. The van der Waals surface area contributed by atoms with Gasteiger partial charge in [-0.3, -0.25) is 14.3 Å². The van der Waals surface area contributed by atoms with Crippen LogP contribution in [0.1, 0.15) is 81.6 Å². The van der Waals surface area contributed by atoms with Gasteiger partial charge in [0.25, 0.3) is 11.8 Å². The van der Waals surface area contributed by atoms with Crippen LogP contribution >= 0.6 is 0 Å². The third-order valence-corrected chi connectivity index (χ3v) is 6.96. The molecule has 1 aliphatic carbocycles. The van der Waals surface area contributed by atoms with Crippen molar-refractivity contribution in [3.05, 3.63) is 69.9 Å². The summed E-state index contributed by atoms with van der Waals surface area (Å²) in [5.41, 5.74) is 5.13. The van der Waals surface area contributed by atoms with E-state index in [1.54, 1.807) is 11.9 Å².